The van der Waals surface area contributed by atoms with Gasteiger partial charge in [-0.2, -0.15) is 0 Å². The minimum atomic E-state index is -0.108. The monoisotopic (exact) mass is 458 g/mol. The number of rotatable bonds is 8. The molecule has 8 nitrogen and oxygen atoms in total. The number of ether oxygens (including phenoxy) is 1. The van der Waals surface area contributed by atoms with Crippen molar-refractivity contribution >= 4 is 55.2 Å². The van der Waals surface area contributed by atoms with Gasteiger partial charge in [0.1, 0.15) is 23.3 Å². The molecule has 0 spiro atoms. The van der Waals surface area contributed by atoms with Gasteiger partial charge in [0.15, 0.2) is 5.13 Å². The molecule has 0 aliphatic rings. The molecule has 0 unspecified atom stereocenters. The number of halogens is 1. The van der Waals surface area contributed by atoms with E-state index in [0.29, 0.717) is 28.0 Å². The SMILES string of the molecule is COc1ccc(Cl)c2sc(N(CCCN(C)C)C(=O)Cn3nnc4ccccc43)nc12. The molecule has 0 aliphatic heterocycles. The Bertz CT molecular complexity index is 1220. The molecule has 4 aromatic rings. The van der Waals surface area contributed by atoms with Crippen molar-refractivity contribution in [2.75, 3.05) is 39.2 Å². The van der Waals surface area contributed by atoms with Gasteiger partial charge in [0.05, 0.1) is 22.3 Å². The fraction of sp³-hybridized carbons (Fsp3) is 0.333. The molecule has 2 heterocycles. The number of amides is 1. The van der Waals surface area contributed by atoms with E-state index in [1.807, 2.05) is 38.4 Å². The van der Waals surface area contributed by atoms with E-state index in [2.05, 4.69) is 15.2 Å². The number of fused-ring (bicyclic) bond motifs is 2. The number of aromatic nitrogens is 4. The molecule has 2 aromatic heterocycles. The Labute approximate surface area is 189 Å². The third-order valence-electron chi connectivity index (χ3n) is 4.89. The third-order valence-corrected chi connectivity index (χ3v) is 6.43. The van der Waals surface area contributed by atoms with Crippen LogP contribution in [0.3, 0.4) is 0 Å². The van der Waals surface area contributed by atoms with Crippen LogP contribution in [0.25, 0.3) is 21.3 Å². The summed E-state index contributed by atoms with van der Waals surface area (Å²) in [5, 5.41) is 9.48. The first-order valence-corrected chi connectivity index (χ1v) is 11.0. The summed E-state index contributed by atoms with van der Waals surface area (Å²) in [6.07, 6.45) is 0.803. The molecule has 1 amide bonds. The van der Waals surface area contributed by atoms with E-state index in [0.717, 1.165) is 28.7 Å². The van der Waals surface area contributed by atoms with Crippen LogP contribution in [0.15, 0.2) is 36.4 Å². The van der Waals surface area contributed by atoms with Crippen molar-refractivity contribution < 1.29 is 9.53 Å². The Morgan fingerprint density at radius 1 is 1.19 bits per heavy atom. The van der Waals surface area contributed by atoms with Crippen molar-refractivity contribution in [3.63, 3.8) is 0 Å². The molecule has 0 aliphatic carbocycles. The van der Waals surface area contributed by atoms with E-state index in [4.69, 9.17) is 21.3 Å². The molecule has 162 valence electrons. The molecular weight excluding hydrogens is 436 g/mol. The molecule has 10 heteroatoms. The molecule has 4 rings (SSSR count). The number of methoxy groups -OCH3 is 1. The maximum atomic E-state index is 13.4. The van der Waals surface area contributed by atoms with Gasteiger partial charge in [-0.1, -0.05) is 40.3 Å². The van der Waals surface area contributed by atoms with Crippen molar-refractivity contribution in [1.82, 2.24) is 24.9 Å². The minimum Gasteiger partial charge on any atom is -0.494 e. The summed E-state index contributed by atoms with van der Waals surface area (Å²) in [6, 6.07) is 11.2. The average molecular weight is 459 g/mol. The van der Waals surface area contributed by atoms with Crippen LogP contribution >= 0.6 is 22.9 Å². The van der Waals surface area contributed by atoms with Gasteiger partial charge < -0.3 is 9.64 Å². The maximum absolute atomic E-state index is 13.4. The van der Waals surface area contributed by atoms with E-state index in [9.17, 15) is 4.79 Å². The van der Waals surface area contributed by atoms with Crippen LogP contribution in [0, 0.1) is 0 Å². The normalized spacial score (nSPS) is 11.5. The van der Waals surface area contributed by atoms with Crippen LogP contribution in [-0.4, -0.2) is 65.1 Å². The van der Waals surface area contributed by atoms with E-state index >= 15 is 0 Å². The zero-order chi connectivity index (χ0) is 22.0. The lowest BCUT2D eigenvalue weighted by molar-refractivity contribution is -0.119. The third kappa shape index (κ3) is 4.48. The Morgan fingerprint density at radius 3 is 2.77 bits per heavy atom. The number of carbonyl (C=O) groups is 1. The fourth-order valence-corrected chi connectivity index (χ4v) is 4.64. The van der Waals surface area contributed by atoms with Gasteiger partial charge in [-0.25, -0.2) is 9.67 Å². The second-order valence-corrected chi connectivity index (χ2v) is 8.75. The summed E-state index contributed by atoms with van der Waals surface area (Å²) in [4.78, 5) is 21.9. The van der Waals surface area contributed by atoms with Crippen molar-refractivity contribution in [3.05, 3.63) is 41.4 Å². The van der Waals surface area contributed by atoms with Gasteiger partial charge in [0.2, 0.25) is 0 Å². The minimum absolute atomic E-state index is 0.0727. The predicted octanol–water partition coefficient (Wildman–Crippen LogP) is 3.69. The van der Waals surface area contributed by atoms with E-state index in [-0.39, 0.29) is 12.5 Å². The number of nitrogens with zero attached hydrogens (tertiary/aromatic N) is 6. The molecule has 0 atom stereocenters. The van der Waals surface area contributed by atoms with Gasteiger partial charge >= 0.3 is 0 Å². The lowest BCUT2D eigenvalue weighted by atomic mass is 10.3. The largest absolute Gasteiger partial charge is 0.494 e. The van der Waals surface area contributed by atoms with Crippen molar-refractivity contribution in [1.29, 1.82) is 0 Å². The zero-order valence-corrected chi connectivity index (χ0v) is 19.2. The smallest absolute Gasteiger partial charge is 0.250 e. The highest BCUT2D eigenvalue weighted by Gasteiger charge is 2.23. The highest BCUT2D eigenvalue weighted by Crippen LogP contribution is 2.38. The highest BCUT2D eigenvalue weighted by molar-refractivity contribution is 7.23. The van der Waals surface area contributed by atoms with Gasteiger partial charge in [0.25, 0.3) is 5.91 Å². The number of carbonyl (C=O) groups excluding carboxylic acids is 1. The molecule has 0 radical (unpaired) electrons. The number of anilines is 1. The topological polar surface area (TPSA) is 76.4 Å². The second-order valence-electron chi connectivity index (χ2n) is 7.36. The van der Waals surface area contributed by atoms with Crippen LogP contribution in [0.5, 0.6) is 5.75 Å². The summed E-state index contributed by atoms with van der Waals surface area (Å²) in [5.74, 6) is 0.522. The van der Waals surface area contributed by atoms with Gasteiger partial charge in [0, 0.05) is 6.54 Å². The first kappa shape index (κ1) is 21.5. The number of benzene rings is 2. The summed E-state index contributed by atoms with van der Waals surface area (Å²) in [6.45, 7) is 1.46. The highest BCUT2D eigenvalue weighted by atomic mass is 35.5. The van der Waals surface area contributed by atoms with Crippen molar-refractivity contribution in [2.24, 2.45) is 0 Å². The summed E-state index contributed by atoms with van der Waals surface area (Å²) in [7, 11) is 5.61. The van der Waals surface area contributed by atoms with Crippen LogP contribution in [0.4, 0.5) is 5.13 Å². The van der Waals surface area contributed by atoms with Gasteiger partial charge in [-0.15, -0.1) is 5.10 Å². The molecule has 0 saturated heterocycles. The first-order valence-electron chi connectivity index (χ1n) is 9.84. The Balaban J connectivity index is 1.67. The van der Waals surface area contributed by atoms with Crippen molar-refractivity contribution in [2.45, 2.75) is 13.0 Å². The zero-order valence-electron chi connectivity index (χ0n) is 17.6. The maximum Gasteiger partial charge on any atom is 0.250 e. The van der Waals surface area contributed by atoms with Gasteiger partial charge in [-0.3, -0.25) is 9.69 Å². The molecular formula is C21H23ClN6O2S. The predicted molar refractivity (Wildman–Crippen MR) is 124 cm³/mol. The molecule has 2 aromatic carbocycles. The molecule has 31 heavy (non-hydrogen) atoms. The molecule has 0 N–H and O–H groups in total. The first-order chi connectivity index (χ1) is 15.0. The lowest BCUT2D eigenvalue weighted by Gasteiger charge is -2.21. The number of hydrogen-bond donors (Lipinski definition) is 0. The van der Waals surface area contributed by atoms with E-state index in [1.54, 1.807) is 28.8 Å². The number of para-hydroxylation sites is 1. The standard InChI is InChI=1S/C21H23ClN6O2S/c1-26(2)11-6-12-27(18(29)13-28-16-8-5-4-7-15(16)24-25-28)21-23-19-17(30-3)10-9-14(22)20(19)31-21/h4-5,7-10H,6,11-13H2,1-3H3. The molecule has 0 fully saturated rings. The summed E-state index contributed by atoms with van der Waals surface area (Å²) >= 11 is 7.78. The van der Waals surface area contributed by atoms with Crippen LogP contribution in [-0.2, 0) is 11.3 Å². The van der Waals surface area contributed by atoms with E-state index in [1.165, 1.54) is 11.3 Å². The summed E-state index contributed by atoms with van der Waals surface area (Å²) in [5.41, 5.74) is 2.23. The average Bonchev–Trinajstić information content (AvgIpc) is 3.37. The number of thiazole rings is 1. The van der Waals surface area contributed by atoms with Gasteiger partial charge in [-0.05, 0) is 51.3 Å². The fourth-order valence-electron chi connectivity index (χ4n) is 3.34. The van der Waals surface area contributed by atoms with Crippen molar-refractivity contribution in [3.8, 4) is 5.75 Å². The van der Waals surface area contributed by atoms with Crippen LogP contribution in [0.2, 0.25) is 5.02 Å². The Morgan fingerprint density at radius 2 is 2.00 bits per heavy atom. The molecule has 0 saturated carbocycles. The number of hydrogen-bond acceptors (Lipinski definition) is 7. The lowest BCUT2D eigenvalue weighted by Crippen LogP contribution is -2.36. The van der Waals surface area contributed by atoms with Crippen LogP contribution in [0.1, 0.15) is 6.42 Å². The Kier molecular flexibility index (Phi) is 6.35. The Hall–Kier alpha value is -2.75. The molecule has 0 bridgehead atoms. The second kappa shape index (κ2) is 9.17. The summed E-state index contributed by atoms with van der Waals surface area (Å²) < 4.78 is 7.86. The quantitative estimate of drug-likeness (QED) is 0.401. The van der Waals surface area contributed by atoms with E-state index < -0.39 is 0 Å². The van der Waals surface area contributed by atoms with Crippen LogP contribution < -0.4 is 9.64 Å².